The predicted octanol–water partition coefficient (Wildman–Crippen LogP) is 1.14. The van der Waals surface area contributed by atoms with Crippen LogP contribution in [0.3, 0.4) is 0 Å². The second-order valence-electron chi connectivity index (χ2n) is 3.79. The third-order valence-electron chi connectivity index (χ3n) is 2.23. The summed E-state index contributed by atoms with van der Waals surface area (Å²) in [6.45, 7) is 2.81. The number of aliphatic hydroxyl groups excluding tert-OH is 1. The Kier molecular flexibility index (Phi) is 6.11. The van der Waals surface area contributed by atoms with Crippen molar-refractivity contribution in [1.29, 1.82) is 0 Å². The zero-order valence-corrected chi connectivity index (χ0v) is 11.2. The highest BCUT2D eigenvalue weighted by Gasteiger charge is 2.12. The number of aliphatic hydroxyl groups is 1. The molecule has 0 amide bonds. The molecular formula is C12H19NO4S. The molecule has 0 aliphatic heterocycles. The fourth-order valence-electron chi connectivity index (χ4n) is 1.30. The van der Waals surface area contributed by atoms with Crippen LogP contribution >= 0.6 is 0 Å². The van der Waals surface area contributed by atoms with Gasteiger partial charge in [-0.1, -0.05) is 6.92 Å². The molecule has 0 spiro atoms. The molecule has 0 heterocycles. The summed E-state index contributed by atoms with van der Waals surface area (Å²) in [4.78, 5) is 0.198. The standard InChI is InChI=1S/C12H19NO4S/c1-2-10-17-11-4-6-12(7-5-11)18(15,16)13-8-3-9-14/h4-7,13-14H,2-3,8-10H2,1H3. The number of hydrogen-bond donors (Lipinski definition) is 2. The first-order chi connectivity index (χ1) is 8.60. The third-order valence-corrected chi connectivity index (χ3v) is 3.71. The van der Waals surface area contributed by atoms with Crippen LogP contribution in [-0.2, 0) is 10.0 Å². The molecule has 0 bridgehead atoms. The summed E-state index contributed by atoms with van der Waals surface area (Å²) in [5.41, 5.74) is 0. The second kappa shape index (κ2) is 7.35. The molecule has 0 saturated carbocycles. The highest BCUT2D eigenvalue weighted by molar-refractivity contribution is 7.89. The van der Waals surface area contributed by atoms with Crippen molar-refractivity contribution in [3.63, 3.8) is 0 Å². The minimum absolute atomic E-state index is 0.0354. The van der Waals surface area contributed by atoms with Crippen LogP contribution in [0.5, 0.6) is 5.75 Å². The van der Waals surface area contributed by atoms with Crippen LogP contribution in [0.15, 0.2) is 29.2 Å². The molecule has 5 nitrogen and oxygen atoms in total. The zero-order valence-electron chi connectivity index (χ0n) is 10.4. The Balaban J connectivity index is 2.65. The maximum Gasteiger partial charge on any atom is 0.240 e. The normalized spacial score (nSPS) is 11.4. The third kappa shape index (κ3) is 4.64. The molecule has 18 heavy (non-hydrogen) atoms. The number of hydrogen-bond acceptors (Lipinski definition) is 4. The van der Waals surface area contributed by atoms with Gasteiger partial charge in [-0.2, -0.15) is 0 Å². The summed E-state index contributed by atoms with van der Waals surface area (Å²) in [7, 11) is -3.49. The molecule has 1 rings (SSSR count). The van der Waals surface area contributed by atoms with E-state index in [2.05, 4.69) is 4.72 Å². The highest BCUT2D eigenvalue weighted by Crippen LogP contribution is 2.15. The summed E-state index contributed by atoms with van der Waals surface area (Å²) in [6, 6.07) is 6.28. The molecule has 0 radical (unpaired) electrons. The van der Waals surface area contributed by atoms with E-state index in [0.717, 1.165) is 6.42 Å². The van der Waals surface area contributed by atoms with E-state index in [1.54, 1.807) is 12.1 Å². The molecule has 0 atom stereocenters. The first-order valence-corrected chi connectivity index (χ1v) is 7.42. The van der Waals surface area contributed by atoms with Gasteiger partial charge in [-0.05, 0) is 37.1 Å². The number of nitrogens with one attached hydrogen (secondary N) is 1. The second-order valence-corrected chi connectivity index (χ2v) is 5.56. The quantitative estimate of drug-likeness (QED) is 0.696. The fraction of sp³-hybridized carbons (Fsp3) is 0.500. The van der Waals surface area contributed by atoms with Crippen LogP contribution in [0.2, 0.25) is 0 Å². The topological polar surface area (TPSA) is 75.6 Å². The molecule has 0 saturated heterocycles. The summed E-state index contributed by atoms with van der Waals surface area (Å²) >= 11 is 0. The van der Waals surface area contributed by atoms with Crippen molar-refractivity contribution in [2.45, 2.75) is 24.7 Å². The van der Waals surface area contributed by atoms with E-state index in [9.17, 15) is 8.42 Å². The molecule has 0 unspecified atom stereocenters. The van der Waals surface area contributed by atoms with Crippen molar-refractivity contribution in [2.24, 2.45) is 0 Å². The molecule has 1 aromatic rings. The van der Waals surface area contributed by atoms with Gasteiger partial charge in [0.15, 0.2) is 0 Å². The highest BCUT2D eigenvalue weighted by atomic mass is 32.2. The molecule has 6 heteroatoms. The first kappa shape index (κ1) is 14.9. The van der Waals surface area contributed by atoms with Crippen molar-refractivity contribution in [3.05, 3.63) is 24.3 Å². The Labute approximate surface area is 108 Å². The number of benzene rings is 1. The lowest BCUT2D eigenvalue weighted by atomic mass is 10.3. The lowest BCUT2D eigenvalue weighted by Gasteiger charge is -2.08. The van der Waals surface area contributed by atoms with Crippen LogP contribution in [-0.4, -0.2) is 33.3 Å². The predicted molar refractivity (Wildman–Crippen MR) is 69.1 cm³/mol. The van der Waals surface area contributed by atoms with Gasteiger partial charge in [0, 0.05) is 13.2 Å². The monoisotopic (exact) mass is 273 g/mol. The lowest BCUT2D eigenvalue weighted by Crippen LogP contribution is -2.25. The molecule has 2 N–H and O–H groups in total. The number of sulfonamides is 1. The van der Waals surface area contributed by atoms with Crippen molar-refractivity contribution < 1.29 is 18.3 Å². The Bertz CT molecular complexity index is 442. The summed E-state index contributed by atoms with van der Waals surface area (Å²) in [6.07, 6.45) is 1.31. The fourth-order valence-corrected chi connectivity index (χ4v) is 2.38. The Hall–Kier alpha value is -1.11. The Morgan fingerprint density at radius 2 is 1.94 bits per heavy atom. The van der Waals surface area contributed by atoms with Gasteiger partial charge < -0.3 is 9.84 Å². The molecule has 1 aromatic carbocycles. The molecule has 0 fully saturated rings. The van der Waals surface area contributed by atoms with E-state index in [0.29, 0.717) is 18.8 Å². The van der Waals surface area contributed by atoms with Crippen molar-refractivity contribution in [3.8, 4) is 5.75 Å². The van der Waals surface area contributed by atoms with E-state index >= 15 is 0 Å². The molecule has 0 aliphatic rings. The van der Waals surface area contributed by atoms with Crippen LogP contribution in [0.4, 0.5) is 0 Å². The average Bonchev–Trinajstić information content (AvgIpc) is 2.37. The smallest absolute Gasteiger partial charge is 0.240 e. The number of ether oxygens (including phenoxy) is 1. The molecule has 0 aliphatic carbocycles. The van der Waals surface area contributed by atoms with Crippen LogP contribution in [0.1, 0.15) is 19.8 Å². The molecular weight excluding hydrogens is 254 g/mol. The Morgan fingerprint density at radius 3 is 2.50 bits per heavy atom. The maximum absolute atomic E-state index is 11.8. The van der Waals surface area contributed by atoms with Crippen LogP contribution in [0, 0.1) is 0 Å². The van der Waals surface area contributed by atoms with Crippen molar-refractivity contribution >= 4 is 10.0 Å². The van der Waals surface area contributed by atoms with Gasteiger partial charge in [0.2, 0.25) is 10.0 Å². The van der Waals surface area contributed by atoms with E-state index in [4.69, 9.17) is 9.84 Å². The van der Waals surface area contributed by atoms with E-state index in [1.165, 1.54) is 12.1 Å². The van der Waals surface area contributed by atoms with Crippen LogP contribution in [0.25, 0.3) is 0 Å². The van der Waals surface area contributed by atoms with Gasteiger partial charge in [-0.3, -0.25) is 0 Å². The van der Waals surface area contributed by atoms with Crippen molar-refractivity contribution in [1.82, 2.24) is 4.72 Å². The van der Waals surface area contributed by atoms with Crippen molar-refractivity contribution in [2.75, 3.05) is 19.8 Å². The Morgan fingerprint density at radius 1 is 1.28 bits per heavy atom. The summed E-state index contributed by atoms with van der Waals surface area (Å²) < 4.78 is 31.4. The van der Waals surface area contributed by atoms with Gasteiger partial charge in [0.1, 0.15) is 5.75 Å². The largest absolute Gasteiger partial charge is 0.494 e. The lowest BCUT2D eigenvalue weighted by molar-refractivity contribution is 0.289. The van der Waals surface area contributed by atoms with Crippen LogP contribution < -0.4 is 9.46 Å². The van der Waals surface area contributed by atoms with Gasteiger partial charge in [-0.15, -0.1) is 0 Å². The van der Waals surface area contributed by atoms with E-state index in [1.807, 2.05) is 6.92 Å². The van der Waals surface area contributed by atoms with Gasteiger partial charge in [-0.25, -0.2) is 13.1 Å². The summed E-state index contributed by atoms with van der Waals surface area (Å²) in [5, 5.41) is 8.60. The maximum atomic E-state index is 11.8. The minimum Gasteiger partial charge on any atom is -0.494 e. The SMILES string of the molecule is CCCOc1ccc(S(=O)(=O)NCCCO)cc1. The number of rotatable bonds is 8. The molecule has 102 valence electrons. The van der Waals surface area contributed by atoms with Gasteiger partial charge in [0.25, 0.3) is 0 Å². The summed E-state index contributed by atoms with van der Waals surface area (Å²) in [5.74, 6) is 0.658. The minimum atomic E-state index is -3.49. The molecule has 0 aromatic heterocycles. The first-order valence-electron chi connectivity index (χ1n) is 5.93. The van der Waals surface area contributed by atoms with Gasteiger partial charge >= 0.3 is 0 Å². The average molecular weight is 273 g/mol. The zero-order chi connectivity index (χ0) is 13.4. The van der Waals surface area contributed by atoms with E-state index < -0.39 is 10.0 Å². The van der Waals surface area contributed by atoms with Gasteiger partial charge in [0.05, 0.1) is 11.5 Å². The van der Waals surface area contributed by atoms with E-state index in [-0.39, 0.29) is 18.0 Å².